The van der Waals surface area contributed by atoms with Gasteiger partial charge in [-0.25, -0.2) is 0 Å². The van der Waals surface area contributed by atoms with Gasteiger partial charge in [-0.05, 0) is 48.5 Å². The van der Waals surface area contributed by atoms with Crippen LogP contribution in [-0.2, 0) is 9.53 Å². The molecule has 4 nitrogen and oxygen atoms in total. The SMILES string of the molecule is CC(C)NC(C)(CC(C)OC(C)(C)C)C(N)=O. The summed E-state index contributed by atoms with van der Waals surface area (Å²) >= 11 is 0. The number of primary amides is 1. The lowest BCUT2D eigenvalue weighted by Crippen LogP contribution is -2.57. The molecule has 0 spiro atoms. The van der Waals surface area contributed by atoms with E-state index in [1.165, 1.54) is 0 Å². The van der Waals surface area contributed by atoms with Gasteiger partial charge in [0, 0.05) is 12.5 Å². The lowest BCUT2D eigenvalue weighted by molar-refractivity contribution is -0.127. The van der Waals surface area contributed by atoms with Gasteiger partial charge in [0.25, 0.3) is 0 Å². The molecule has 4 heteroatoms. The smallest absolute Gasteiger partial charge is 0.237 e. The van der Waals surface area contributed by atoms with Crippen molar-refractivity contribution in [2.75, 3.05) is 0 Å². The van der Waals surface area contributed by atoms with E-state index in [2.05, 4.69) is 5.32 Å². The van der Waals surface area contributed by atoms with Gasteiger partial charge in [-0.15, -0.1) is 0 Å². The molecule has 0 rings (SSSR count). The molecule has 0 heterocycles. The van der Waals surface area contributed by atoms with E-state index in [-0.39, 0.29) is 23.7 Å². The monoisotopic (exact) mass is 244 g/mol. The quantitative estimate of drug-likeness (QED) is 0.749. The van der Waals surface area contributed by atoms with Crippen LogP contribution in [0.25, 0.3) is 0 Å². The number of carbonyl (C=O) groups is 1. The number of rotatable bonds is 6. The summed E-state index contributed by atoms with van der Waals surface area (Å²) in [5, 5.41) is 3.22. The molecule has 0 fully saturated rings. The van der Waals surface area contributed by atoms with Crippen LogP contribution >= 0.6 is 0 Å². The molecule has 2 atom stereocenters. The fraction of sp³-hybridized carbons (Fsp3) is 0.923. The van der Waals surface area contributed by atoms with Crippen molar-refractivity contribution in [2.45, 2.75) is 78.2 Å². The van der Waals surface area contributed by atoms with Gasteiger partial charge in [-0.3, -0.25) is 4.79 Å². The summed E-state index contributed by atoms with van der Waals surface area (Å²) in [7, 11) is 0. The van der Waals surface area contributed by atoms with Crippen LogP contribution in [0.2, 0.25) is 0 Å². The highest BCUT2D eigenvalue weighted by Gasteiger charge is 2.34. The molecule has 0 aliphatic carbocycles. The largest absolute Gasteiger partial charge is 0.373 e. The first-order valence-corrected chi connectivity index (χ1v) is 6.22. The standard InChI is InChI=1S/C13H28N2O2/c1-9(2)15-13(7,11(14)16)8-10(3)17-12(4,5)6/h9-10,15H,8H2,1-7H3,(H2,14,16). The van der Waals surface area contributed by atoms with Gasteiger partial charge in [0.15, 0.2) is 0 Å². The lowest BCUT2D eigenvalue weighted by Gasteiger charge is -2.34. The molecule has 0 saturated heterocycles. The number of nitrogens with two attached hydrogens (primary N) is 1. The predicted octanol–water partition coefficient (Wildman–Crippen LogP) is 1.82. The predicted molar refractivity (Wildman–Crippen MR) is 70.8 cm³/mol. The fourth-order valence-electron chi connectivity index (χ4n) is 2.09. The molecule has 0 bridgehead atoms. The summed E-state index contributed by atoms with van der Waals surface area (Å²) in [6.07, 6.45) is 0.538. The Kier molecular flexibility index (Phi) is 5.62. The summed E-state index contributed by atoms with van der Waals surface area (Å²) in [6, 6.07) is 0.203. The highest BCUT2D eigenvalue weighted by atomic mass is 16.5. The van der Waals surface area contributed by atoms with E-state index in [9.17, 15) is 4.79 Å². The summed E-state index contributed by atoms with van der Waals surface area (Å²) in [4.78, 5) is 11.6. The van der Waals surface area contributed by atoms with Crippen LogP contribution in [0.1, 0.15) is 54.9 Å². The number of hydrogen-bond donors (Lipinski definition) is 2. The molecule has 0 aliphatic heterocycles. The minimum Gasteiger partial charge on any atom is -0.373 e. The van der Waals surface area contributed by atoms with Crippen molar-refractivity contribution in [1.29, 1.82) is 0 Å². The fourth-order valence-corrected chi connectivity index (χ4v) is 2.09. The summed E-state index contributed by atoms with van der Waals surface area (Å²) in [5.74, 6) is -0.337. The Bertz CT molecular complexity index is 259. The Hall–Kier alpha value is -0.610. The van der Waals surface area contributed by atoms with Crippen LogP contribution < -0.4 is 11.1 Å². The molecule has 0 radical (unpaired) electrons. The summed E-state index contributed by atoms with van der Waals surface area (Å²) in [6.45, 7) is 13.8. The second-order valence-corrected chi connectivity index (χ2v) is 6.24. The zero-order chi connectivity index (χ0) is 13.9. The van der Waals surface area contributed by atoms with E-state index in [0.717, 1.165) is 0 Å². The molecule has 0 aromatic heterocycles. The topological polar surface area (TPSA) is 64.3 Å². The zero-order valence-corrected chi connectivity index (χ0v) is 12.3. The van der Waals surface area contributed by atoms with Gasteiger partial charge >= 0.3 is 0 Å². The molecule has 2 unspecified atom stereocenters. The van der Waals surface area contributed by atoms with Crippen molar-refractivity contribution < 1.29 is 9.53 Å². The average Bonchev–Trinajstić information content (AvgIpc) is 1.96. The van der Waals surface area contributed by atoms with Crippen LogP contribution in [0.4, 0.5) is 0 Å². The second kappa shape index (κ2) is 5.83. The van der Waals surface area contributed by atoms with Gasteiger partial charge < -0.3 is 15.8 Å². The molecule has 0 saturated carbocycles. The molecule has 17 heavy (non-hydrogen) atoms. The molecule has 1 amide bonds. The maximum absolute atomic E-state index is 11.6. The number of ether oxygens (including phenoxy) is 1. The van der Waals surface area contributed by atoms with Crippen molar-refractivity contribution in [3.63, 3.8) is 0 Å². The third-order valence-electron chi connectivity index (χ3n) is 2.40. The third-order valence-corrected chi connectivity index (χ3v) is 2.40. The first-order chi connectivity index (χ1) is 7.46. The molecule has 0 aliphatic rings. The highest BCUT2D eigenvalue weighted by Crippen LogP contribution is 2.19. The van der Waals surface area contributed by atoms with Gasteiger partial charge in [0.2, 0.25) is 5.91 Å². The lowest BCUT2D eigenvalue weighted by atomic mass is 9.92. The number of carbonyl (C=O) groups excluding carboxylic acids is 1. The van der Waals surface area contributed by atoms with Crippen LogP contribution in [0.15, 0.2) is 0 Å². The van der Waals surface area contributed by atoms with Gasteiger partial charge in [0.05, 0.1) is 17.2 Å². The first kappa shape index (κ1) is 16.4. The van der Waals surface area contributed by atoms with Gasteiger partial charge in [-0.1, -0.05) is 0 Å². The molecule has 3 N–H and O–H groups in total. The summed E-state index contributed by atoms with van der Waals surface area (Å²) in [5.41, 5.74) is 4.54. The number of nitrogens with one attached hydrogen (secondary N) is 1. The normalized spacial score (nSPS) is 17.9. The van der Waals surface area contributed by atoms with E-state index in [0.29, 0.717) is 6.42 Å². The molecular formula is C13H28N2O2. The van der Waals surface area contributed by atoms with Crippen molar-refractivity contribution in [3.8, 4) is 0 Å². The van der Waals surface area contributed by atoms with Crippen molar-refractivity contribution in [3.05, 3.63) is 0 Å². The van der Waals surface area contributed by atoms with Crippen LogP contribution in [0.5, 0.6) is 0 Å². The maximum atomic E-state index is 11.6. The van der Waals surface area contributed by atoms with E-state index in [1.54, 1.807) is 0 Å². The van der Waals surface area contributed by atoms with Gasteiger partial charge in [-0.2, -0.15) is 0 Å². The van der Waals surface area contributed by atoms with Crippen LogP contribution in [0, 0.1) is 0 Å². The Morgan fingerprint density at radius 3 is 2.00 bits per heavy atom. The number of amides is 1. The Balaban J connectivity index is 4.60. The van der Waals surface area contributed by atoms with Crippen molar-refractivity contribution in [1.82, 2.24) is 5.32 Å². The minimum absolute atomic E-state index is 0.0289. The first-order valence-electron chi connectivity index (χ1n) is 6.22. The molecule has 0 aromatic carbocycles. The number of hydrogen-bond acceptors (Lipinski definition) is 3. The Morgan fingerprint density at radius 1 is 1.24 bits per heavy atom. The molecule has 102 valence electrons. The Morgan fingerprint density at radius 2 is 1.71 bits per heavy atom. The van der Waals surface area contributed by atoms with Crippen molar-refractivity contribution in [2.24, 2.45) is 5.73 Å². The second-order valence-electron chi connectivity index (χ2n) is 6.24. The maximum Gasteiger partial charge on any atom is 0.237 e. The molecule has 0 aromatic rings. The minimum atomic E-state index is -0.723. The van der Waals surface area contributed by atoms with E-state index in [1.807, 2.05) is 48.5 Å². The third kappa shape index (κ3) is 6.64. The summed E-state index contributed by atoms with van der Waals surface area (Å²) < 4.78 is 5.82. The van der Waals surface area contributed by atoms with E-state index in [4.69, 9.17) is 10.5 Å². The average molecular weight is 244 g/mol. The highest BCUT2D eigenvalue weighted by molar-refractivity contribution is 5.84. The van der Waals surface area contributed by atoms with Gasteiger partial charge in [0.1, 0.15) is 0 Å². The van der Waals surface area contributed by atoms with Crippen molar-refractivity contribution >= 4 is 5.91 Å². The van der Waals surface area contributed by atoms with Crippen LogP contribution in [0.3, 0.4) is 0 Å². The van der Waals surface area contributed by atoms with E-state index >= 15 is 0 Å². The molecular weight excluding hydrogens is 216 g/mol. The van der Waals surface area contributed by atoms with Crippen LogP contribution in [-0.4, -0.2) is 29.2 Å². The zero-order valence-electron chi connectivity index (χ0n) is 12.3. The van der Waals surface area contributed by atoms with E-state index < -0.39 is 5.54 Å². The Labute approximate surface area is 105 Å².